The molecule has 0 saturated heterocycles. The van der Waals surface area contributed by atoms with E-state index in [2.05, 4.69) is 0 Å². The van der Waals surface area contributed by atoms with Crippen molar-refractivity contribution in [1.29, 1.82) is 0 Å². The summed E-state index contributed by atoms with van der Waals surface area (Å²) >= 11 is 11.8. The molecule has 0 aliphatic carbocycles. The number of carbonyl (C=O) groups excluding carboxylic acids is 1. The summed E-state index contributed by atoms with van der Waals surface area (Å²) < 4.78 is 10.8. The van der Waals surface area contributed by atoms with E-state index in [1.807, 2.05) is 0 Å². The number of fused-ring (bicyclic) bond motifs is 1. The molecule has 4 nitrogen and oxygen atoms in total. The van der Waals surface area contributed by atoms with Crippen LogP contribution < -0.4 is 10.4 Å². The molecule has 3 aromatic carbocycles. The fourth-order valence-electron chi connectivity index (χ4n) is 2.77. The van der Waals surface area contributed by atoms with Crippen LogP contribution in [0.5, 0.6) is 5.75 Å². The fourth-order valence-corrected chi connectivity index (χ4v) is 3.08. The molecule has 0 spiro atoms. The van der Waals surface area contributed by atoms with Crippen molar-refractivity contribution < 1.29 is 13.9 Å². The Balaban J connectivity index is 1.66. The Morgan fingerprint density at radius 3 is 2.39 bits per heavy atom. The van der Waals surface area contributed by atoms with Gasteiger partial charge in [-0.3, -0.25) is 0 Å². The number of esters is 1. The van der Waals surface area contributed by atoms with Crippen molar-refractivity contribution in [2.75, 3.05) is 0 Å². The Kier molecular flexibility index (Phi) is 4.90. The lowest BCUT2D eigenvalue weighted by Gasteiger charge is -2.07. The first kappa shape index (κ1) is 18.3. The number of halogens is 2. The molecule has 4 aromatic rings. The quantitative estimate of drug-likeness (QED) is 0.236. The van der Waals surface area contributed by atoms with E-state index in [1.165, 1.54) is 12.1 Å². The van der Waals surface area contributed by atoms with Gasteiger partial charge in [-0.2, -0.15) is 0 Å². The van der Waals surface area contributed by atoms with Crippen LogP contribution in [0, 0.1) is 0 Å². The molecule has 0 bridgehead atoms. The van der Waals surface area contributed by atoms with E-state index in [9.17, 15) is 9.59 Å². The third-order valence-corrected chi connectivity index (χ3v) is 4.62. The second kappa shape index (κ2) is 7.50. The maximum absolute atomic E-state index is 12.4. The van der Waals surface area contributed by atoms with Crippen LogP contribution in [0.4, 0.5) is 0 Å². The van der Waals surface area contributed by atoms with Crippen molar-refractivity contribution in [2.45, 2.75) is 0 Å². The van der Waals surface area contributed by atoms with Crippen LogP contribution in [0.1, 0.15) is 10.4 Å². The molecular weight excluding hydrogens is 399 g/mol. The molecule has 0 fully saturated rings. The third-order valence-electron chi connectivity index (χ3n) is 4.13. The van der Waals surface area contributed by atoms with Crippen molar-refractivity contribution in [1.82, 2.24) is 0 Å². The highest BCUT2D eigenvalue weighted by molar-refractivity contribution is 6.31. The molecule has 138 valence electrons. The predicted molar refractivity (Wildman–Crippen MR) is 109 cm³/mol. The Labute approximate surface area is 169 Å². The van der Waals surface area contributed by atoms with E-state index in [-0.39, 0.29) is 5.75 Å². The summed E-state index contributed by atoms with van der Waals surface area (Å²) in [5.41, 5.74) is 1.28. The smallest absolute Gasteiger partial charge is 0.344 e. The minimum atomic E-state index is -0.554. The summed E-state index contributed by atoms with van der Waals surface area (Å²) in [5, 5.41) is 1.72. The average Bonchev–Trinajstić information content (AvgIpc) is 2.68. The largest absolute Gasteiger partial charge is 0.423 e. The number of ether oxygens (including phenoxy) is 1. The number of rotatable bonds is 3. The van der Waals surface area contributed by atoms with Gasteiger partial charge < -0.3 is 9.15 Å². The summed E-state index contributed by atoms with van der Waals surface area (Å²) in [6.45, 7) is 0. The van der Waals surface area contributed by atoms with Gasteiger partial charge in [-0.25, -0.2) is 9.59 Å². The minimum Gasteiger partial charge on any atom is -0.423 e. The SMILES string of the molecule is O=C(Oc1ccc2cc(-c3ccc(Cl)cc3)c(=O)oc2c1)c1cccc(Cl)c1. The van der Waals surface area contributed by atoms with E-state index in [0.29, 0.717) is 37.7 Å². The van der Waals surface area contributed by atoms with Crippen LogP contribution in [0.25, 0.3) is 22.1 Å². The normalized spacial score (nSPS) is 10.8. The Hall–Kier alpha value is -3.08. The molecule has 0 atom stereocenters. The Morgan fingerprint density at radius 2 is 1.64 bits per heavy atom. The van der Waals surface area contributed by atoms with E-state index in [1.54, 1.807) is 60.7 Å². The molecule has 6 heteroatoms. The first-order valence-corrected chi connectivity index (χ1v) is 9.07. The van der Waals surface area contributed by atoms with Gasteiger partial charge in [0, 0.05) is 21.5 Å². The lowest BCUT2D eigenvalue weighted by Crippen LogP contribution is -2.08. The van der Waals surface area contributed by atoms with Gasteiger partial charge in [0.1, 0.15) is 11.3 Å². The van der Waals surface area contributed by atoms with Crippen LogP contribution in [0.2, 0.25) is 10.0 Å². The predicted octanol–water partition coefficient (Wildman–Crippen LogP) is 5.99. The summed E-state index contributed by atoms with van der Waals surface area (Å²) in [4.78, 5) is 24.6. The second-order valence-corrected chi connectivity index (χ2v) is 6.93. The highest BCUT2D eigenvalue weighted by Crippen LogP contribution is 2.26. The lowest BCUT2D eigenvalue weighted by molar-refractivity contribution is 0.0735. The van der Waals surface area contributed by atoms with Crippen molar-refractivity contribution >= 4 is 40.1 Å². The number of hydrogen-bond donors (Lipinski definition) is 0. The van der Waals surface area contributed by atoms with E-state index < -0.39 is 11.6 Å². The van der Waals surface area contributed by atoms with Crippen molar-refractivity contribution in [3.05, 3.63) is 98.8 Å². The van der Waals surface area contributed by atoms with Crippen LogP contribution in [0.3, 0.4) is 0 Å². The van der Waals surface area contributed by atoms with Gasteiger partial charge in [-0.1, -0.05) is 41.4 Å². The zero-order chi connectivity index (χ0) is 19.7. The first-order valence-electron chi connectivity index (χ1n) is 8.31. The molecule has 1 aromatic heterocycles. The monoisotopic (exact) mass is 410 g/mol. The number of benzene rings is 3. The number of carbonyl (C=O) groups is 1. The lowest BCUT2D eigenvalue weighted by atomic mass is 10.1. The van der Waals surface area contributed by atoms with E-state index >= 15 is 0 Å². The summed E-state index contributed by atoms with van der Waals surface area (Å²) in [6.07, 6.45) is 0. The highest BCUT2D eigenvalue weighted by Gasteiger charge is 2.12. The summed E-state index contributed by atoms with van der Waals surface area (Å²) in [5.74, 6) is -0.290. The molecule has 28 heavy (non-hydrogen) atoms. The molecule has 0 radical (unpaired) electrons. The van der Waals surface area contributed by atoms with E-state index in [0.717, 1.165) is 0 Å². The minimum absolute atomic E-state index is 0.264. The van der Waals surface area contributed by atoms with Crippen molar-refractivity contribution in [3.63, 3.8) is 0 Å². The molecule has 0 amide bonds. The maximum atomic E-state index is 12.4. The molecule has 0 saturated carbocycles. The highest BCUT2D eigenvalue weighted by atomic mass is 35.5. The van der Waals surface area contributed by atoms with Crippen LogP contribution in [0.15, 0.2) is 82.0 Å². The standard InChI is InChI=1S/C22H12Cl2O4/c23-16-7-4-13(5-8-16)19-11-14-6-9-18(12-20(14)28-22(19)26)27-21(25)15-2-1-3-17(24)10-15/h1-12H. The molecule has 4 rings (SSSR count). The summed E-state index contributed by atoms with van der Waals surface area (Å²) in [7, 11) is 0. The number of hydrogen-bond acceptors (Lipinski definition) is 4. The van der Waals surface area contributed by atoms with Gasteiger partial charge in [-0.15, -0.1) is 0 Å². The molecule has 0 aliphatic heterocycles. The molecule has 1 heterocycles. The third kappa shape index (κ3) is 3.79. The Morgan fingerprint density at radius 1 is 0.857 bits per heavy atom. The van der Waals surface area contributed by atoms with Gasteiger partial charge in [0.15, 0.2) is 0 Å². The van der Waals surface area contributed by atoms with Crippen LogP contribution in [-0.2, 0) is 0 Å². The van der Waals surface area contributed by atoms with E-state index in [4.69, 9.17) is 32.4 Å². The van der Waals surface area contributed by atoms with Gasteiger partial charge in [-0.05, 0) is 54.1 Å². The van der Waals surface area contributed by atoms with Gasteiger partial charge in [0.2, 0.25) is 0 Å². The Bertz CT molecular complexity index is 1240. The zero-order valence-electron chi connectivity index (χ0n) is 14.3. The molecular formula is C22H12Cl2O4. The van der Waals surface area contributed by atoms with Gasteiger partial charge in [0.25, 0.3) is 0 Å². The maximum Gasteiger partial charge on any atom is 0.344 e. The fraction of sp³-hybridized carbons (Fsp3) is 0. The van der Waals surface area contributed by atoms with Gasteiger partial charge >= 0.3 is 11.6 Å². The topological polar surface area (TPSA) is 56.5 Å². The molecule has 0 unspecified atom stereocenters. The zero-order valence-corrected chi connectivity index (χ0v) is 15.8. The van der Waals surface area contributed by atoms with Crippen LogP contribution in [-0.4, -0.2) is 5.97 Å². The summed E-state index contributed by atoms with van der Waals surface area (Å²) in [6, 6.07) is 20.0. The second-order valence-electron chi connectivity index (χ2n) is 6.05. The van der Waals surface area contributed by atoms with Crippen molar-refractivity contribution in [2.24, 2.45) is 0 Å². The van der Waals surface area contributed by atoms with Gasteiger partial charge in [0.05, 0.1) is 11.1 Å². The van der Waals surface area contributed by atoms with Crippen LogP contribution >= 0.6 is 23.2 Å². The van der Waals surface area contributed by atoms with Crippen molar-refractivity contribution in [3.8, 4) is 16.9 Å². The molecule has 0 aliphatic rings. The molecule has 0 N–H and O–H groups in total. The average molecular weight is 411 g/mol. The first-order chi connectivity index (χ1) is 13.5.